The van der Waals surface area contributed by atoms with Gasteiger partial charge >= 0.3 is 0 Å². The van der Waals surface area contributed by atoms with Crippen molar-refractivity contribution in [3.05, 3.63) is 35.9 Å². The quantitative estimate of drug-likeness (QED) is 0.856. The summed E-state index contributed by atoms with van der Waals surface area (Å²) in [5.74, 6) is 0.784. The van der Waals surface area contributed by atoms with Crippen molar-refractivity contribution in [2.45, 2.75) is 52.1 Å². The van der Waals surface area contributed by atoms with Gasteiger partial charge in [0.2, 0.25) is 0 Å². The molecule has 1 heterocycles. The van der Waals surface area contributed by atoms with Crippen LogP contribution in [0.3, 0.4) is 0 Å². The van der Waals surface area contributed by atoms with E-state index in [1.165, 1.54) is 37.9 Å². The molecule has 2 nitrogen and oxygen atoms in total. The van der Waals surface area contributed by atoms with Crippen LogP contribution < -0.4 is 5.32 Å². The molecule has 0 spiro atoms. The number of nitrogens with zero attached hydrogens (tertiary/aromatic N) is 1. The summed E-state index contributed by atoms with van der Waals surface area (Å²) in [5, 5.41) is 3.70. The van der Waals surface area contributed by atoms with Gasteiger partial charge in [0.25, 0.3) is 0 Å². The second-order valence-electron chi connectivity index (χ2n) is 6.67. The van der Waals surface area contributed by atoms with E-state index in [0.717, 1.165) is 12.5 Å². The molecule has 20 heavy (non-hydrogen) atoms. The Balaban J connectivity index is 1.75. The van der Waals surface area contributed by atoms with Crippen LogP contribution in [0.4, 0.5) is 0 Å². The molecule has 1 aromatic carbocycles. The van der Waals surface area contributed by atoms with Gasteiger partial charge in [0.05, 0.1) is 0 Å². The molecular formula is C18H30N2. The summed E-state index contributed by atoms with van der Waals surface area (Å²) < 4.78 is 0. The Morgan fingerprint density at radius 1 is 1.25 bits per heavy atom. The molecule has 1 saturated heterocycles. The molecule has 0 radical (unpaired) electrons. The average Bonchev–Trinajstić information content (AvgIpc) is 2.43. The number of piperazine rings is 1. The van der Waals surface area contributed by atoms with Gasteiger partial charge in [0.1, 0.15) is 0 Å². The van der Waals surface area contributed by atoms with Crippen LogP contribution in [-0.2, 0) is 6.42 Å². The average molecular weight is 274 g/mol. The highest BCUT2D eigenvalue weighted by atomic mass is 15.2. The molecule has 1 aliphatic rings. The zero-order valence-corrected chi connectivity index (χ0v) is 13.3. The molecule has 1 fully saturated rings. The molecule has 1 N–H and O–H groups in total. The van der Waals surface area contributed by atoms with Crippen molar-refractivity contribution in [1.29, 1.82) is 0 Å². The third kappa shape index (κ3) is 4.92. The molecule has 2 rings (SSSR count). The van der Waals surface area contributed by atoms with E-state index in [1.54, 1.807) is 0 Å². The van der Waals surface area contributed by atoms with Gasteiger partial charge < -0.3 is 5.32 Å². The molecule has 0 aromatic heterocycles. The molecule has 0 bridgehead atoms. The van der Waals surface area contributed by atoms with Gasteiger partial charge in [-0.3, -0.25) is 4.90 Å². The number of rotatable bonds is 6. The third-order valence-electron chi connectivity index (χ3n) is 4.29. The summed E-state index contributed by atoms with van der Waals surface area (Å²) in [6, 6.07) is 12.2. The molecule has 1 aromatic rings. The first-order chi connectivity index (χ1) is 9.65. The fourth-order valence-electron chi connectivity index (χ4n) is 3.16. The van der Waals surface area contributed by atoms with E-state index < -0.39 is 0 Å². The first-order valence-corrected chi connectivity index (χ1v) is 8.16. The van der Waals surface area contributed by atoms with E-state index in [0.29, 0.717) is 12.1 Å². The number of hydrogen-bond donors (Lipinski definition) is 1. The van der Waals surface area contributed by atoms with Crippen LogP contribution >= 0.6 is 0 Å². The lowest BCUT2D eigenvalue weighted by atomic mass is 9.99. The summed E-state index contributed by atoms with van der Waals surface area (Å²) in [6.07, 6.45) is 3.76. The lowest BCUT2D eigenvalue weighted by molar-refractivity contribution is 0.131. The molecule has 2 atom stereocenters. The standard InChI is InChI=1S/C18H30N2/c1-15(2)12-18-14-20(16(3)13-19-18)11-7-10-17-8-5-4-6-9-17/h4-6,8-9,15-16,18-19H,7,10-14H2,1-3H3. The van der Waals surface area contributed by atoms with Crippen LogP contribution in [-0.4, -0.2) is 36.6 Å². The van der Waals surface area contributed by atoms with Gasteiger partial charge in [-0.1, -0.05) is 44.2 Å². The van der Waals surface area contributed by atoms with E-state index in [-0.39, 0.29) is 0 Å². The highest BCUT2D eigenvalue weighted by molar-refractivity contribution is 5.14. The van der Waals surface area contributed by atoms with Crippen molar-refractivity contribution >= 4 is 0 Å². The fourth-order valence-corrected chi connectivity index (χ4v) is 3.16. The van der Waals surface area contributed by atoms with Gasteiger partial charge in [-0.15, -0.1) is 0 Å². The first-order valence-electron chi connectivity index (χ1n) is 8.16. The molecule has 0 saturated carbocycles. The molecule has 2 heteroatoms. The van der Waals surface area contributed by atoms with Crippen molar-refractivity contribution < 1.29 is 0 Å². The Hall–Kier alpha value is -0.860. The number of hydrogen-bond acceptors (Lipinski definition) is 2. The second kappa shape index (κ2) is 7.80. The van der Waals surface area contributed by atoms with Crippen molar-refractivity contribution in [3.63, 3.8) is 0 Å². The molecule has 2 unspecified atom stereocenters. The Labute approximate surface area is 124 Å². The van der Waals surface area contributed by atoms with Crippen LogP contribution in [0.25, 0.3) is 0 Å². The van der Waals surface area contributed by atoms with Gasteiger partial charge in [-0.2, -0.15) is 0 Å². The van der Waals surface area contributed by atoms with E-state index >= 15 is 0 Å². The van der Waals surface area contributed by atoms with Gasteiger partial charge in [0, 0.05) is 25.2 Å². The van der Waals surface area contributed by atoms with Crippen molar-refractivity contribution in [1.82, 2.24) is 10.2 Å². The zero-order chi connectivity index (χ0) is 14.4. The van der Waals surface area contributed by atoms with Crippen LogP contribution in [0.15, 0.2) is 30.3 Å². The zero-order valence-electron chi connectivity index (χ0n) is 13.3. The van der Waals surface area contributed by atoms with Gasteiger partial charge in [-0.05, 0) is 44.2 Å². The lowest BCUT2D eigenvalue weighted by Gasteiger charge is -2.39. The monoisotopic (exact) mass is 274 g/mol. The fraction of sp³-hybridized carbons (Fsp3) is 0.667. The molecular weight excluding hydrogens is 244 g/mol. The van der Waals surface area contributed by atoms with Crippen molar-refractivity contribution in [2.24, 2.45) is 5.92 Å². The van der Waals surface area contributed by atoms with E-state index in [9.17, 15) is 0 Å². The topological polar surface area (TPSA) is 15.3 Å². The Morgan fingerprint density at radius 3 is 2.70 bits per heavy atom. The summed E-state index contributed by atoms with van der Waals surface area (Å²) in [5.41, 5.74) is 1.47. The molecule has 0 amide bonds. The molecule has 112 valence electrons. The highest BCUT2D eigenvalue weighted by Gasteiger charge is 2.24. The highest BCUT2D eigenvalue weighted by Crippen LogP contribution is 2.14. The largest absolute Gasteiger partial charge is 0.311 e. The number of nitrogens with one attached hydrogen (secondary N) is 1. The maximum Gasteiger partial charge on any atom is 0.0198 e. The number of benzene rings is 1. The van der Waals surface area contributed by atoms with E-state index in [1.807, 2.05) is 0 Å². The minimum atomic E-state index is 0.675. The maximum atomic E-state index is 3.70. The summed E-state index contributed by atoms with van der Waals surface area (Å²) in [6.45, 7) is 10.6. The summed E-state index contributed by atoms with van der Waals surface area (Å²) in [7, 11) is 0. The van der Waals surface area contributed by atoms with Gasteiger partial charge in [-0.25, -0.2) is 0 Å². The van der Waals surface area contributed by atoms with Crippen molar-refractivity contribution in [2.75, 3.05) is 19.6 Å². The van der Waals surface area contributed by atoms with Gasteiger partial charge in [0.15, 0.2) is 0 Å². The minimum Gasteiger partial charge on any atom is -0.311 e. The maximum absolute atomic E-state index is 3.70. The third-order valence-corrected chi connectivity index (χ3v) is 4.29. The first kappa shape index (κ1) is 15.5. The smallest absolute Gasteiger partial charge is 0.0198 e. The predicted molar refractivity (Wildman–Crippen MR) is 87.0 cm³/mol. The van der Waals surface area contributed by atoms with Crippen LogP contribution in [0.1, 0.15) is 39.2 Å². The normalized spacial score (nSPS) is 24.2. The summed E-state index contributed by atoms with van der Waals surface area (Å²) >= 11 is 0. The second-order valence-corrected chi connectivity index (χ2v) is 6.67. The SMILES string of the molecule is CC(C)CC1CN(CCCc2ccccc2)C(C)CN1. The Kier molecular flexibility index (Phi) is 6.06. The number of aryl methyl sites for hydroxylation is 1. The Bertz CT molecular complexity index is 374. The van der Waals surface area contributed by atoms with E-state index in [2.05, 4.69) is 61.3 Å². The summed E-state index contributed by atoms with van der Waals surface area (Å²) in [4.78, 5) is 2.67. The molecule has 0 aliphatic carbocycles. The lowest BCUT2D eigenvalue weighted by Crippen LogP contribution is -2.55. The van der Waals surface area contributed by atoms with Crippen LogP contribution in [0.2, 0.25) is 0 Å². The minimum absolute atomic E-state index is 0.675. The molecule has 1 aliphatic heterocycles. The van der Waals surface area contributed by atoms with E-state index in [4.69, 9.17) is 0 Å². The Morgan fingerprint density at radius 2 is 2.00 bits per heavy atom. The van der Waals surface area contributed by atoms with Crippen LogP contribution in [0, 0.1) is 5.92 Å². The predicted octanol–water partition coefficient (Wildman–Crippen LogP) is 3.33. The van der Waals surface area contributed by atoms with Crippen LogP contribution in [0.5, 0.6) is 0 Å². The van der Waals surface area contributed by atoms with Crippen molar-refractivity contribution in [3.8, 4) is 0 Å².